The van der Waals surface area contributed by atoms with Crippen molar-refractivity contribution < 1.29 is 4.79 Å². The van der Waals surface area contributed by atoms with Crippen LogP contribution in [0.5, 0.6) is 0 Å². The zero-order valence-electron chi connectivity index (χ0n) is 11.8. The molecule has 0 spiro atoms. The van der Waals surface area contributed by atoms with Gasteiger partial charge in [0.2, 0.25) is 0 Å². The largest absolute Gasteiger partial charge is 0.338 e. The number of amides is 1. The van der Waals surface area contributed by atoms with Crippen molar-refractivity contribution in [1.29, 1.82) is 0 Å². The first-order valence-electron chi connectivity index (χ1n) is 7.00. The lowest BCUT2D eigenvalue weighted by Gasteiger charge is -2.26. The maximum Gasteiger partial charge on any atom is 0.256 e. The quantitative estimate of drug-likeness (QED) is 0.647. The Balaban J connectivity index is 2.18. The molecule has 1 fully saturated rings. The van der Waals surface area contributed by atoms with Gasteiger partial charge in [-0.05, 0) is 36.8 Å². The molecule has 1 aliphatic rings. The van der Waals surface area contributed by atoms with Gasteiger partial charge in [0.15, 0.2) is 0 Å². The molecule has 4 nitrogen and oxygen atoms in total. The van der Waals surface area contributed by atoms with Crippen LogP contribution in [0.2, 0.25) is 0 Å². The van der Waals surface area contributed by atoms with Crippen molar-refractivity contribution in [1.82, 2.24) is 4.90 Å². The molecule has 1 aliphatic heterocycles. The third-order valence-electron chi connectivity index (χ3n) is 4.54. The highest BCUT2D eigenvalue weighted by molar-refractivity contribution is 5.99. The van der Waals surface area contributed by atoms with Gasteiger partial charge in [0, 0.05) is 13.1 Å². The number of nitrogens with zero attached hydrogens (tertiary/aromatic N) is 1. The second kappa shape index (κ2) is 5.61. The first kappa shape index (κ1) is 13.9. The van der Waals surface area contributed by atoms with E-state index in [-0.39, 0.29) is 5.91 Å². The first-order chi connectivity index (χ1) is 9.15. The number of carbonyl (C=O) groups is 1. The van der Waals surface area contributed by atoms with Crippen LogP contribution in [-0.4, -0.2) is 23.9 Å². The first-order valence-corrected chi connectivity index (χ1v) is 7.00. The average molecular weight is 261 g/mol. The highest BCUT2D eigenvalue weighted by atomic mass is 16.2. The third-order valence-corrected chi connectivity index (χ3v) is 4.54. The SMILES string of the molecule is CCC1(CC)CCN(C(=O)c2ccccc2NN)C1. The van der Waals surface area contributed by atoms with Crippen LogP contribution in [0, 0.1) is 5.41 Å². The molecular formula is C15H23N3O. The fraction of sp³-hybridized carbons (Fsp3) is 0.533. The van der Waals surface area contributed by atoms with Crippen molar-refractivity contribution in [2.45, 2.75) is 33.1 Å². The van der Waals surface area contributed by atoms with E-state index in [0.29, 0.717) is 16.7 Å². The molecule has 2 rings (SSSR count). The second-order valence-electron chi connectivity index (χ2n) is 5.37. The van der Waals surface area contributed by atoms with Crippen LogP contribution in [0.25, 0.3) is 0 Å². The zero-order chi connectivity index (χ0) is 13.9. The molecule has 0 aliphatic carbocycles. The molecule has 0 atom stereocenters. The Labute approximate surface area is 114 Å². The number of carbonyl (C=O) groups excluding carboxylic acids is 1. The number of para-hydroxylation sites is 1. The summed E-state index contributed by atoms with van der Waals surface area (Å²) in [5.41, 5.74) is 4.26. The molecule has 1 aromatic carbocycles. The zero-order valence-corrected chi connectivity index (χ0v) is 11.8. The number of anilines is 1. The summed E-state index contributed by atoms with van der Waals surface area (Å²) >= 11 is 0. The number of rotatable bonds is 4. The van der Waals surface area contributed by atoms with Gasteiger partial charge in [-0.15, -0.1) is 0 Å². The number of nitrogen functional groups attached to an aromatic ring is 1. The Hall–Kier alpha value is -1.55. The minimum Gasteiger partial charge on any atom is -0.338 e. The monoisotopic (exact) mass is 261 g/mol. The van der Waals surface area contributed by atoms with E-state index in [0.717, 1.165) is 32.4 Å². The van der Waals surface area contributed by atoms with E-state index in [2.05, 4.69) is 19.3 Å². The van der Waals surface area contributed by atoms with Crippen molar-refractivity contribution in [3.63, 3.8) is 0 Å². The van der Waals surface area contributed by atoms with Crippen LogP contribution < -0.4 is 11.3 Å². The molecule has 0 aromatic heterocycles. The number of likely N-dealkylation sites (tertiary alicyclic amines) is 1. The lowest BCUT2D eigenvalue weighted by Crippen LogP contribution is -2.32. The van der Waals surface area contributed by atoms with Crippen LogP contribution in [0.1, 0.15) is 43.5 Å². The van der Waals surface area contributed by atoms with Gasteiger partial charge < -0.3 is 10.3 Å². The molecular weight excluding hydrogens is 238 g/mol. The highest BCUT2D eigenvalue weighted by Gasteiger charge is 2.37. The second-order valence-corrected chi connectivity index (χ2v) is 5.37. The fourth-order valence-electron chi connectivity index (χ4n) is 2.90. The van der Waals surface area contributed by atoms with E-state index in [1.54, 1.807) is 0 Å². The molecule has 4 heteroatoms. The van der Waals surface area contributed by atoms with Gasteiger partial charge in [0.25, 0.3) is 5.91 Å². The van der Waals surface area contributed by atoms with Gasteiger partial charge in [0.1, 0.15) is 0 Å². The lowest BCUT2D eigenvalue weighted by molar-refractivity contribution is 0.0771. The van der Waals surface area contributed by atoms with E-state index in [4.69, 9.17) is 5.84 Å². The van der Waals surface area contributed by atoms with Crippen LogP contribution >= 0.6 is 0 Å². The smallest absolute Gasteiger partial charge is 0.256 e. The number of nitrogens with two attached hydrogens (primary N) is 1. The molecule has 0 radical (unpaired) electrons. The maximum absolute atomic E-state index is 12.6. The molecule has 1 amide bonds. The molecule has 104 valence electrons. The third kappa shape index (κ3) is 2.59. The predicted octanol–water partition coefficient (Wildman–Crippen LogP) is 2.62. The number of hydrazine groups is 1. The molecule has 0 unspecified atom stereocenters. The summed E-state index contributed by atoms with van der Waals surface area (Å²) in [5, 5.41) is 0. The number of benzene rings is 1. The van der Waals surface area contributed by atoms with Gasteiger partial charge in [-0.2, -0.15) is 0 Å². The van der Waals surface area contributed by atoms with E-state index in [1.165, 1.54) is 0 Å². The summed E-state index contributed by atoms with van der Waals surface area (Å²) in [4.78, 5) is 14.5. The summed E-state index contributed by atoms with van der Waals surface area (Å²) in [5.74, 6) is 5.55. The van der Waals surface area contributed by atoms with Crippen molar-refractivity contribution in [2.24, 2.45) is 11.3 Å². The van der Waals surface area contributed by atoms with E-state index in [1.807, 2.05) is 29.2 Å². The maximum atomic E-state index is 12.6. The Bertz CT molecular complexity index is 454. The lowest BCUT2D eigenvalue weighted by atomic mass is 9.82. The normalized spacial score (nSPS) is 17.5. The van der Waals surface area contributed by atoms with Crippen molar-refractivity contribution in [3.8, 4) is 0 Å². The summed E-state index contributed by atoms with van der Waals surface area (Å²) < 4.78 is 0. The van der Waals surface area contributed by atoms with Crippen molar-refractivity contribution >= 4 is 11.6 Å². The van der Waals surface area contributed by atoms with Crippen LogP contribution in [0.15, 0.2) is 24.3 Å². The predicted molar refractivity (Wildman–Crippen MR) is 77.8 cm³/mol. The van der Waals surface area contributed by atoms with Crippen molar-refractivity contribution in [2.75, 3.05) is 18.5 Å². The minimum atomic E-state index is 0.0809. The molecule has 0 saturated carbocycles. The summed E-state index contributed by atoms with van der Waals surface area (Å²) in [6.07, 6.45) is 3.36. The summed E-state index contributed by atoms with van der Waals surface area (Å²) in [6, 6.07) is 7.40. The minimum absolute atomic E-state index is 0.0809. The van der Waals surface area contributed by atoms with Gasteiger partial charge in [-0.25, -0.2) is 0 Å². The Morgan fingerprint density at radius 3 is 2.63 bits per heavy atom. The number of hydrogen-bond acceptors (Lipinski definition) is 3. The van der Waals surface area contributed by atoms with Crippen LogP contribution in [-0.2, 0) is 0 Å². The highest BCUT2D eigenvalue weighted by Crippen LogP contribution is 2.37. The molecule has 1 aromatic rings. The number of hydrogen-bond donors (Lipinski definition) is 2. The van der Waals surface area contributed by atoms with E-state index in [9.17, 15) is 4.79 Å². The van der Waals surface area contributed by atoms with E-state index < -0.39 is 0 Å². The Kier molecular flexibility index (Phi) is 4.10. The summed E-state index contributed by atoms with van der Waals surface area (Å²) in [7, 11) is 0. The van der Waals surface area contributed by atoms with E-state index >= 15 is 0 Å². The molecule has 1 saturated heterocycles. The average Bonchev–Trinajstić information content (AvgIpc) is 2.91. The molecule has 1 heterocycles. The number of nitrogens with one attached hydrogen (secondary N) is 1. The van der Waals surface area contributed by atoms with Gasteiger partial charge in [-0.1, -0.05) is 26.0 Å². The topological polar surface area (TPSA) is 58.4 Å². The Morgan fingerprint density at radius 2 is 2.05 bits per heavy atom. The standard InChI is InChI=1S/C15H23N3O/c1-3-15(4-2)9-10-18(11-15)14(19)12-7-5-6-8-13(12)17-16/h5-8,17H,3-4,9-11,16H2,1-2H3. The van der Waals surface area contributed by atoms with Crippen molar-refractivity contribution in [3.05, 3.63) is 29.8 Å². The van der Waals surface area contributed by atoms with Crippen LogP contribution in [0.3, 0.4) is 0 Å². The molecule has 19 heavy (non-hydrogen) atoms. The fourth-order valence-corrected chi connectivity index (χ4v) is 2.90. The van der Waals surface area contributed by atoms with Crippen LogP contribution in [0.4, 0.5) is 5.69 Å². The Morgan fingerprint density at radius 1 is 1.37 bits per heavy atom. The van der Waals surface area contributed by atoms with Gasteiger partial charge in [-0.3, -0.25) is 10.6 Å². The van der Waals surface area contributed by atoms with Gasteiger partial charge in [0.05, 0.1) is 11.3 Å². The van der Waals surface area contributed by atoms with Gasteiger partial charge >= 0.3 is 0 Å². The summed E-state index contributed by atoms with van der Waals surface area (Å²) in [6.45, 7) is 6.14. The molecule has 0 bridgehead atoms. The molecule has 3 N–H and O–H groups in total.